The van der Waals surface area contributed by atoms with Crippen LogP contribution in [0.4, 0.5) is 0 Å². The van der Waals surface area contributed by atoms with E-state index in [0.717, 1.165) is 12.8 Å². The molecule has 2 heterocycles. The molecule has 0 saturated carbocycles. The average molecular weight is 366 g/mol. The fraction of sp³-hybridized carbons (Fsp3) is 0.381. The zero-order valence-electron chi connectivity index (χ0n) is 14.9. The van der Waals surface area contributed by atoms with Crippen LogP contribution in [0, 0.1) is 4.91 Å². The van der Waals surface area contributed by atoms with Crippen LogP contribution in [-0.4, -0.2) is 34.3 Å². The van der Waals surface area contributed by atoms with Crippen LogP contribution < -0.4 is 0 Å². The predicted molar refractivity (Wildman–Crippen MR) is 99.4 cm³/mol. The van der Waals surface area contributed by atoms with E-state index < -0.39 is 11.6 Å². The van der Waals surface area contributed by atoms with Gasteiger partial charge in [-0.05, 0) is 24.0 Å². The van der Waals surface area contributed by atoms with Crippen molar-refractivity contribution in [3.8, 4) is 0 Å². The zero-order chi connectivity index (χ0) is 18.9. The molecule has 2 fully saturated rings. The molecule has 2 bridgehead atoms. The van der Waals surface area contributed by atoms with Crippen LogP contribution in [0.5, 0.6) is 0 Å². The van der Waals surface area contributed by atoms with Gasteiger partial charge in [0.2, 0.25) is 5.60 Å². The van der Waals surface area contributed by atoms with Gasteiger partial charge in [-0.3, -0.25) is 5.01 Å². The highest BCUT2D eigenvalue weighted by Gasteiger charge is 2.46. The molecule has 1 N–H and O–H groups in total. The molecule has 0 spiro atoms. The van der Waals surface area contributed by atoms with Crippen molar-refractivity contribution in [2.45, 2.75) is 49.5 Å². The van der Waals surface area contributed by atoms with Gasteiger partial charge in [0.25, 0.3) is 0 Å². The smallest absolute Gasteiger partial charge is 0.347 e. The van der Waals surface area contributed by atoms with E-state index in [9.17, 15) is 14.8 Å². The standard InChI is InChI=1S/C21H22N2O4/c24-20(27-19-13-17-11-12-18(14-19)23(17)22-26)21(25,15-7-3-1-4-8-15)16-9-5-2-6-10-16/h1-10,17-19,25H,11-14H2/t17-,18+,19?. The third-order valence-corrected chi connectivity index (χ3v) is 5.70. The maximum Gasteiger partial charge on any atom is 0.347 e. The summed E-state index contributed by atoms with van der Waals surface area (Å²) >= 11 is 0. The number of benzene rings is 2. The first-order valence-electron chi connectivity index (χ1n) is 9.29. The van der Waals surface area contributed by atoms with E-state index in [1.807, 2.05) is 12.1 Å². The van der Waals surface area contributed by atoms with Gasteiger partial charge in [0.15, 0.2) is 0 Å². The number of aliphatic hydroxyl groups is 1. The lowest BCUT2D eigenvalue weighted by Gasteiger charge is -2.36. The highest BCUT2D eigenvalue weighted by Crippen LogP contribution is 2.38. The summed E-state index contributed by atoms with van der Waals surface area (Å²) in [6, 6.07) is 17.7. The van der Waals surface area contributed by atoms with Gasteiger partial charge < -0.3 is 9.84 Å². The van der Waals surface area contributed by atoms with Crippen LogP contribution in [0.25, 0.3) is 0 Å². The molecule has 140 valence electrons. The van der Waals surface area contributed by atoms with Crippen LogP contribution in [0.2, 0.25) is 0 Å². The first-order chi connectivity index (χ1) is 13.1. The molecule has 3 atom stereocenters. The van der Waals surface area contributed by atoms with Crippen molar-refractivity contribution < 1.29 is 14.6 Å². The Morgan fingerprint density at radius 2 is 1.44 bits per heavy atom. The van der Waals surface area contributed by atoms with Crippen LogP contribution in [0.15, 0.2) is 65.9 Å². The molecule has 0 aliphatic carbocycles. The number of esters is 1. The molecule has 2 saturated heterocycles. The SMILES string of the molecule is O=NN1[C@@H]2CC[C@H]1CC(OC(=O)C(O)(c1ccccc1)c1ccccc1)C2. The Balaban J connectivity index is 1.60. The first-order valence-corrected chi connectivity index (χ1v) is 9.29. The van der Waals surface area contributed by atoms with Crippen LogP contribution >= 0.6 is 0 Å². The monoisotopic (exact) mass is 366 g/mol. The molecule has 27 heavy (non-hydrogen) atoms. The van der Waals surface area contributed by atoms with Gasteiger partial charge in [0, 0.05) is 12.8 Å². The van der Waals surface area contributed by atoms with E-state index in [-0.39, 0.29) is 18.2 Å². The van der Waals surface area contributed by atoms with E-state index >= 15 is 0 Å². The largest absolute Gasteiger partial charge is 0.460 e. The topological polar surface area (TPSA) is 79.2 Å². The number of ether oxygens (including phenoxy) is 1. The summed E-state index contributed by atoms with van der Waals surface area (Å²) in [4.78, 5) is 24.2. The first kappa shape index (κ1) is 17.7. The highest BCUT2D eigenvalue weighted by atomic mass is 16.6. The van der Waals surface area contributed by atoms with Crippen molar-refractivity contribution in [1.82, 2.24) is 5.01 Å². The molecule has 6 nitrogen and oxygen atoms in total. The molecular formula is C21H22N2O4. The van der Waals surface area contributed by atoms with Gasteiger partial charge in [-0.25, -0.2) is 4.79 Å². The van der Waals surface area contributed by atoms with Crippen molar-refractivity contribution in [2.75, 3.05) is 0 Å². The Kier molecular flexibility index (Phi) is 4.66. The Bertz CT molecular complexity index is 758. The summed E-state index contributed by atoms with van der Waals surface area (Å²) in [5, 5.41) is 16.2. The Morgan fingerprint density at radius 1 is 0.963 bits per heavy atom. The van der Waals surface area contributed by atoms with E-state index in [2.05, 4.69) is 5.29 Å². The normalized spacial score (nSPS) is 24.5. The summed E-state index contributed by atoms with van der Waals surface area (Å²) in [6.45, 7) is 0. The second kappa shape index (κ2) is 7.12. The fourth-order valence-corrected chi connectivity index (χ4v) is 4.33. The Morgan fingerprint density at radius 3 is 1.89 bits per heavy atom. The van der Waals surface area contributed by atoms with Crippen molar-refractivity contribution in [2.24, 2.45) is 5.29 Å². The highest BCUT2D eigenvalue weighted by molar-refractivity contribution is 5.85. The summed E-state index contributed by atoms with van der Waals surface area (Å²) in [6.07, 6.45) is 2.56. The van der Waals surface area contributed by atoms with E-state index in [1.165, 1.54) is 0 Å². The van der Waals surface area contributed by atoms with Crippen molar-refractivity contribution >= 4 is 5.97 Å². The van der Waals surface area contributed by atoms with Crippen molar-refractivity contribution in [3.63, 3.8) is 0 Å². The lowest BCUT2D eigenvalue weighted by Crippen LogP contribution is -2.46. The summed E-state index contributed by atoms with van der Waals surface area (Å²) < 4.78 is 5.78. The molecule has 4 rings (SSSR count). The molecule has 2 aliphatic heterocycles. The van der Waals surface area contributed by atoms with Gasteiger partial charge >= 0.3 is 5.97 Å². The minimum absolute atomic E-state index is 0.0144. The molecule has 6 heteroatoms. The summed E-state index contributed by atoms with van der Waals surface area (Å²) in [7, 11) is 0. The van der Waals surface area contributed by atoms with Crippen LogP contribution in [0.1, 0.15) is 36.8 Å². The molecule has 0 radical (unpaired) electrons. The number of carbonyl (C=O) groups excluding carboxylic acids is 1. The molecule has 2 aromatic carbocycles. The quantitative estimate of drug-likeness (QED) is 0.650. The Labute approximate surface area is 157 Å². The number of rotatable bonds is 5. The number of carbonyl (C=O) groups is 1. The Hall–Kier alpha value is -2.73. The third-order valence-electron chi connectivity index (χ3n) is 5.70. The fourth-order valence-electron chi connectivity index (χ4n) is 4.33. The van der Waals surface area contributed by atoms with Crippen molar-refractivity contribution in [3.05, 3.63) is 76.7 Å². The molecule has 0 amide bonds. The van der Waals surface area contributed by atoms with Crippen LogP contribution in [0.3, 0.4) is 0 Å². The van der Waals surface area contributed by atoms with Gasteiger partial charge in [-0.15, -0.1) is 4.91 Å². The molecule has 2 aliphatic rings. The van der Waals surface area contributed by atoms with E-state index in [1.54, 1.807) is 53.5 Å². The summed E-state index contributed by atoms with van der Waals surface area (Å²) in [5.74, 6) is -0.684. The second-order valence-corrected chi connectivity index (χ2v) is 7.29. The number of fused-ring (bicyclic) bond motifs is 2. The average Bonchev–Trinajstić information content (AvgIpc) is 2.97. The number of nitroso groups, excluding NO2 is 1. The number of hydrogen-bond acceptors (Lipinski definition) is 5. The molecule has 2 aromatic rings. The van der Waals surface area contributed by atoms with Gasteiger partial charge in [-0.1, -0.05) is 60.7 Å². The second-order valence-electron chi connectivity index (χ2n) is 7.29. The lowest BCUT2D eigenvalue weighted by molar-refractivity contribution is -0.171. The molecule has 0 aromatic heterocycles. The third kappa shape index (κ3) is 3.10. The zero-order valence-corrected chi connectivity index (χ0v) is 14.9. The number of piperidine rings is 1. The molecule has 1 unspecified atom stereocenters. The van der Waals surface area contributed by atoms with E-state index in [0.29, 0.717) is 24.0 Å². The van der Waals surface area contributed by atoms with Gasteiger partial charge in [-0.2, -0.15) is 0 Å². The van der Waals surface area contributed by atoms with E-state index in [4.69, 9.17) is 4.74 Å². The lowest BCUT2D eigenvalue weighted by atomic mass is 9.86. The number of nitrogens with zero attached hydrogens (tertiary/aromatic N) is 2. The molecular weight excluding hydrogens is 344 g/mol. The predicted octanol–water partition coefficient (Wildman–Crippen LogP) is 3.14. The van der Waals surface area contributed by atoms with Crippen LogP contribution in [-0.2, 0) is 15.1 Å². The summed E-state index contributed by atoms with van der Waals surface area (Å²) in [5.41, 5.74) is -0.936. The van der Waals surface area contributed by atoms with Gasteiger partial charge in [0.05, 0.1) is 17.4 Å². The minimum atomic E-state index is -1.87. The maximum atomic E-state index is 13.1. The minimum Gasteiger partial charge on any atom is -0.460 e. The van der Waals surface area contributed by atoms with Crippen molar-refractivity contribution in [1.29, 1.82) is 0 Å². The number of hydrogen-bond donors (Lipinski definition) is 1. The maximum absolute atomic E-state index is 13.1. The van der Waals surface area contributed by atoms with Gasteiger partial charge in [0.1, 0.15) is 6.10 Å².